The van der Waals surface area contributed by atoms with Crippen molar-refractivity contribution in [2.75, 3.05) is 14.2 Å². The van der Waals surface area contributed by atoms with Gasteiger partial charge < -0.3 is 9.47 Å². The lowest BCUT2D eigenvalue weighted by atomic mass is 10.0. The van der Waals surface area contributed by atoms with Crippen LogP contribution in [-0.2, 0) is 0 Å². The third kappa shape index (κ3) is 2.05. The zero-order chi connectivity index (χ0) is 15.3. The van der Waals surface area contributed by atoms with Crippen LogP contribution < -0.4 is 9.47 Å². The van der Waals surface area contributed by atoms with Crippen LogP contribution in [-0.4, -0.2) is 20.0 Å². The molecule has 20 heavy (non-hydrogen) atoms. The molecule has 0 radical (unpaired) electrons. The minimum absolute atomic E-state index is 0.00796. The van der Waals surface area contributed by atoms with Gasteiger partial charge in [0.2, 0.25) is 0 Å². The highest BCUT2D eigenvalue weighted by molar-refractivity contribution is 9.10. The van der Waals surface area contributed by atoms with E-state index in [4.69, 9.17) is 9.47 Å². The predicted octanol–water partition coefficient (Wildman–Crippen LogP) is 4.33. The van der Waals surface area contributed by atoms with Crippen molar-refractivity contribution in [1.82, 2.24) is 0 Å². The monoisotopic (exact) mass is 340 g/mol. The summed E-state index contributed by atoms with van der Waals surface area (Å²) >= 11 is 3.47. The smallest absolute Gasteiger partial charge is 0.171 e. The van der Waals surface area contributed by atoms with Gasteiger partial charge in [0.25, 0.3) is 0 Å². The highest BCUT2D eigenvalue weighted by atomic mass is 79.9. The van der Waals surface area contributed by atoms with Gasteiger partial charge in [-0.05, 0) is 32.8 Å². The maximum atomic E-state index is 12.9. The van der Waals surface area contributed by atoms with Crippen molar-refractivity contribution in [1.29, 1.82) is 0 Å². The standard InChI is InChI=1S/C16H21BrO3/c1-15(2)14(16(15,3)4)13(18)12-10(17)7-9(19-5)8-11(12)20-6/h7-8,14H,1-6H3. The summed E-state index contributed by atoms with van der Waals surface area (Å²) in [6, 6.07) is 3.55. The summed E-state index contributed by atoms with van der Waals surface area (Å²) in [5.41, 5.74) is 0.625. The van der Waals surface area contributed by atoms with Gasteiger partial charge in [0.05, 0.1) is 19.8 Å². The van der Waals surface area contributed by atoms with E-state index in [1.165, 1.54) is 0 Å². The minimum Gasteiger partial charge on any atom is -0.497 e. The number of carbonyl (C=O) groups is 1. The lowest BCUT2D eigenvalue weighted by molar-refractivity contribution is 0.0941. The first-order chi connectivity index (χ1) is 9.18. The van der Waals surface area contributed by atoms with Crippen molar-refractivity contribution in [3.63, 3.8) is 0 Å². The van der Waals surface area contributed by atoms with E-state index in [1.54, 1.807) is 26.4 Å². The Kier molecular flexibility index (Phi) is 3.66. The molecule has 2 rings (SSSR count). The number of halogens is 1. The Morgan fingerprint density at radius 3 is 2.05 bits per heavy atom. The maximum Gasteiger partial charge on any atom is 0.171 e. The SMILES string of the molecule is COc1cc(Br)c(C(=O)C2C(C)(C)C2(C)C)c(OC)c1. The fourth-order valence-corrected chi connectivity index (χ4v) is 3.69. The Morgan fingerprint density at radius 2 is 1.65 bits per heavy atom. The molecular formula is C16H21BrO3. The highest BCUT2D eigenvalue weighted by Crippen LogP contribution is 2.69. The molecule has 0 aromatic heterocycles. The third-order valence-corrected chi connectivity index (χ3v) is 5.64. The van der Waals surface area contributed by atoms with Crippen LogP contribution in [0.3, 0.4) is 0 Å². The second kappa shape index (κ2) is 4.76. The van der Waals surface area contributed by atoms with E-state index in [9.17, 15) is 4.79 Å². The zero-order valence-corrected chi connectivity index (χ0v) is 14.4. The van der Waals surface area contributed by atoms with Crippen molar-refractivity contribution in [2.45, 2.75) is 27.7 Å². The average Bonchev–Trinajstić information content (AvgIpc) is 2.77. The number of hydrogen-bond donors (Lipinski definition) is 0. The molecule has 0 bridgehead atoms. The number of hydrogen-bond acceptors (Lipinski definition) is 3. The normalized spacial score (nSPS) is 19.6. The van der Waals surface area contributed by atoms with Crippen molar-refractivity contribution in [3.8, 4) is 11.5 Å². The molecule has 3 nitrogen and oxygen atoms in total. The number of rotatable bonds is 4. The minimum atomic E-state index is 0.00796. The van der Waals surface area contributed by atoms with E-state index >= 15 is 0 Å². The van der Waals surface area contributed by atoms with Crippen LogP contribution in [0.15, 0.2) is 16.6 Å². The van der Waals surface area contributed by atoms with Gasteiger partial charge in [-0.1, -0.05) is 27.7 Å². The van der Waals surface area contributed by atoms with Crippen LogP contribution in [0, 0.1) is 16.7 Å². The largest absolute Gasteiger partial charge is 0.497 e. The van der Waals surface area contributed by atoms with Gasteiger partial charge in [0.1, 0.15) is 11.5 Å². The maximum absolute atomic E-state index is 12.9. The zero-order valence-electron chi connectivity index (χ0n) is 12.8. The topological polar surface area (TPSA) is 35.5 Å². The van der Waals surface area contributed by atoms with Gasteiger partial charge in [0, 0.05) is 16.5 Å². The first-order valence-electron chi connectivity index (χ1n) is 6.64. The second-order valence-electron chi connectivity index (χ2n) is 6.43. The first-order valence-corrected chi connectivity index (χ1v) is 7.43. The average molecular weight is 341 g/mol. The number of carbonyl (C=O) groups excluding carboxylic acids is 1. The molecule has 1 saturated carbocycles. The van der Waals surface area contributed by atoms with E-state index in [0.717, 1.165) is 4.47 Å². The van der Waals surface area contributed by atoms with Crippen LogP contribution in [0.2, 0.25) is 0 Å². The van der Waals surface area contributed by atoms with E-state index in [1.807, 2.05) is 0 Å². The molecule has 0 atom stereocenters. The van der Waals surface area contributed by atoms with E-state index in [2.05, 4.69) is 43.6 Å². The molecule has 0 unspecified atom stereocenters. The first kappa shape index (κ1) is 15.4. The van der Waals surface area contributed by atoms with Gasteiger partial charge in [-0.15, -0.1) is 0 Å². The number of methoxy groups -OCH3 is 2. The Morgan fingerprint density at radius 1 is 1.10 bits per heavy atom. The molecule has 0 N–H and O–H groups in total. The Bertz CT molecular complexity index is 547. The number of benzene rings is 1. The van der Waals surface area contributed by atoms with Gasteiger partial charge in [-0.25, -0.2) is 0 Å². The van der Waals surface area contributed by atoms with Crippen LogP contribution in [0.25, 0.3) is 0 Å². The van der Waals surface area contributed by atoms with Crippen molar-refractivity contribution in [2.24, 2.45) is 16.7 Å². The fourth-order valence-electron chi connectivity index (χ4n) is 3.07. The van der Waals surface area contributed by atoms with E-state index < -0.39 is 0 Å². The molecule has 1 aliphatic carbocycles. The summed E-state index contributed by atoms with van der Waals surface area (Å²) in [6.45, 7) is 8.55. The Hall–Kier alpha value is -1.03. The molecular weight excluding hydrogens is 320 g/mol. The van der Waals surface area contributed by atoms with Gasteiger partial charge in [0.15, 0.2) is 5.78 Å². The van der Waals surface area contributed by atoms with Crippen molar-refractivity contribution in [3.05, 3.63) is 22.2 Å². The summed E-state index contributed by atoms with van der Waals surface area (Å²) < 4.78 is 11.3. The molecule has 0 spiro atoms. The molecule has 1 aromatic rings. The molecule has 0 saturated heterocycles. The second-order valence-corrected chi connectivity index (χ2v) is 7.28. The summed E-state index contributed by atoms with van der Waals surface area (Å²) in [5.74, 6) is 1.36. The van der Waals surface area contributed by atoms with Gasteiger partial charge >= 0.3 is 0 Å². The van der Waals surface area contributed by atoms with Gasteiger partial charge in [-0.2, -0.15) is 0 Å². The summed E-state index contributed by atoms with van der Waals surface area (Å²) in [5, 5.41) is 0. The fraction of sp³-hybridized carbons (Fsp3) is 0.562. The van der Waals surface area contributed by atoms with Crippen LogP contribution >= 0.6 is 15.9 Å². The highest BCUT2D eigenvalue weighted by Gasteiger charge is 2.68. The van der Waals surface area contributed by atoms with Crippen molar-refractivity contribution >= 4 is 21.7 Å². The lowest BCUT2D eigenvalue weighted by Gasteiger charge is -2.13. The summed E-state index contributed by atoms with van der Waals surface area (Å²) in [7, 11) is 3.16. The molecule has 1 aliphatic rings. The number of ketones is 1. The molecule has 110 valence electrons. The number of Topliss-reactive ketones (excluding diaryl/α,β-unsaturated/α-hetero) is 1. The number of ether oxygens (including phenoxy) is 2. The van der Waals surface area contributed by atoms with Gasteiger partial charge in [-0.3, -0.25) is 4.79 Å². The van der Waals surface area contributed by atoms with Crippen LogP contribution in [0.5, 0.6) is 11.5 Å². The molecule has 0 aliphatic heterocycles. The predicted molar refractivity (Wildman–Crippen MR) is 82.6 cm³/mol. The van der Waals surface area contributed by atoms with Crippen LogP contribution in [0.1, 0.15) is 38.1 Å². The summed E-state index contributed by atoms with van der Waals surface area (Å²) in [4.78, 5) is 12.9. The molecule has 1 fully saturated rings. The third-order valence-electron chi connectivity index (χ3n) is 5.01. The van der Waals surface area contributed by atoms with Crippen LogP contribution in [0.4, 0.5) is 0 Å². The lowest BCUT2D eigenvalue weighted by Crippen LogP contribution is -2.10. The Balaban J connectivity index is 2.47. The van der Waals surface area contributed by atoms with E-state index in [0.29, 0.717) is 17.1 Å². The van der Waals surface area contributed by atoms with Crippen molar-refractivity contribution < 1.29 is 14.3 Å². The Labute approximate surface area is 128 Å². The quantitative estimate of drug-likeness (QED) is 0.765. The molecule has 0 heterocycles. The molecule has 4 heteroatoms. The van der Waals surface area contributed by atoms with E-state index in [-0.39, 0.29) is 22.5 Å². The molecule has 1 aromatic carbocycles. The summed E-state index contributed by atoms with van der Waals surface area (Å²) in [6.07, 6.45) is 0. The molecule has 0 amide bonds.